The molecule has 106 valence electrons. The lowest BCUT2D eigenvalue weighted by atomic mass is 10.1. The van der Waals surface area contributed by atoms with Crippen LogP contribution in [0.2, 0.25) is 0 Å². The summed E-state index contributed by atoms with van der Waals surface area (Å²) < 4.78 is 0. The van der Waals surface area contributed by atoms with Gasteiger partial charge < -0.3 is 9.80 Å². The molecule has 1 aromatic rings. The van der Waals surface area contributed by atoms with Crippen LogP contribution in [-0.2, 0) is 9.59 Å². The van der Waals surface area contributed by atoms with E-state index in [9.17, 15) is 14.4 Å². The molecule has 5 nitrogen and oxygen atoms in total. The van der Waals surface area contributed by atoms with Crippen LogP contribution in [0.5, 0.6) is 0 Å². The lowest BCUT2D eigenvalue weighted by Gasteiger charge is -2.30. The zero-order valence-electron chi connectivity index (χ0n) is 11.5. The van der Waals surface area contributed by atoms with Crippen molar-refractivity contribution in [2.24, 2.45) is 0 Å². The molecule has 0 atom stereocenters. The van der Waals surface area contributed by atoms with E-state index in [4.69, 9.17) is 0 Å². The van der Waals surface area contributed by atoms with Crippen LogP contribution in [0.25, 0.3) is 0 Å². The third-order valence-corrected chi connectivity index (χ3v) is 4.01. The van der Waals surface area contributed by atoms with Crippen molar-refractivity contribution in [3.8, 4) is 0 Å². The number of carbonyl (C=O) groups excluding carboxylic acids is 3. The Morgan fingerprint density at radius 2 is 1.80 bits per heavy atom. The highest BCUT2D eigenvalue weighted by Crippen LogP contribution is 2.15. The third kappa shape index (κ3) is 3.01. The molecule has 0 aliphatic carbocycles. The molecule has 6 heteroatoms. The number of amides is 2. The quantitative estimate of drug-likeness (QED) is 0.470. The Balaban J connectivity index is 2.03. The molecule has 0 spiro atoms. The first kappa shape index (κ1) is 14.6. The Hall–Kier alpha value is -1.82. The summed E-state index contributed by atoms with van der Waals surface area (Å²) in [6.45, 7) is 0.815. The van der Waals surface area contributed by atoms with Crippen molar-refractivity contribution in [2.75, 3.05) is 32.9 Å². The summed E-state index contributed by atoms with van der Waals surface area (Å²) in [7, 11) is 1.58. The molecule has 0 bridgehead atoms. The first-order chi connectivity index (χ1) is 9.52. The zero-order valence-corrected chi connectivity index (χ0v) is 12.3. The summed E-state index contributed by atoms with van der Waals surface area (Å²) >= 11 is 1.60. The van der Waals surface area contributed by atoms with E-state index in [0.717, 1.165) is 4.90 Å². The van der Waals surface area contributed by atoms with Crippen molar-refractivity contribution in [1.29, 1.82) is 0 Å². The molecule has 0 saturated carbocycles. The molecule has 1 fully saturated rings. The molecule has 1 saturated heterocycles. The van der Waals surface area contributed by atoms with Gasteiger partial charge in [0, 0.05) is 30.6 Å². The molecular formula is C14H16N2O3S. The zero-order chi connectivity index (χ0) is 14.7. The van der Waals surface area contributed by atoms with Crippen molar-refractivity contribution < 1.29 is 14.4 Å². The van der Waals surface area contributed by atoms with E-state index in [0.29, 0.717) is 18.7 Å². The summed E-state index contributed by atoms with van der Waals surface area (Å²) in [6, 6.07) is 7.23. The fourth-order valence-corrected chi connectivity index (χ4v) is 2.37. The Kier molecular flexibility index (Phi) is 4.44. The average molecular weight is 292 g/mol. The molecule has 1 aliphatic rings. The second-order valence-corrected chi connectivity index (χ2v) is 5.48. The number of likely N-dealkylation sites (N-methyl/N-ethyl adjacent to an activating group) is 1. The van der Waals surface area contributed by atoms with Gasteiger partial charge in [0.15, 0.2) is 5.78 Å². The molecule has 2 rings (SSSR count). The monoisotopic (exact) mass is 292 g/mol. The van der Waals surface area contributed by atoms with Gasteiger partial charge in [0.05, 0.1) is 6.54 Å². The molecule has 0 aromatic heterocycles. The maximum Gasteiger partial charge on any atom is 0.312 e. The Morgan fingerprint density at radius 3 is 2.40 bits per heavy atom. The first-order valence-electron chi connectivity index (χ1n) is 6.24. The largest absolute Gasteiger partial charge is 0.336 e. The third-order valence-electron chi connectivity index (χ3n) is 3.27. The fraction of sp³-hybridized carbons (Fsp3) is 0.357. The van der Waals surface area contributed by atoms with Gasteiger partial charge in [0.2, 0.25) is 0 Å². The van der Waals surface area contributed by atoms with Gasteiger partial charge in [-0.3, -0.25) is 14.4 Å². The number of ketones is 1. The lowest BCUT2D eigenvalue weighted by molar-refractivity contribution is -0.154. The predicted molar refractivity (Wildman–Crippen MR) is 76.8 cm³/mol. The summed E-state index contributed by atoms with van der Waals surface area (Å²) in [4.78, 5) is 39.2. The number of benzene rings is 1. The van der Waals surface area contributed by atoms with E-state index >= 15 is 0 Å². The summed E-state index contributed by atoms with van der Waals surface area (Å²) in [5.74, 6) is -1.31. The Labute approximate surface area is 121 Å². The summed E-state index contributed by atoms with van der Waals surface area (Å²) in [6.07, 6.45) is 1.96. The maximum absolute atomic E-state index is 12.1. The van der Waals surface area contributed by atoms with E-state index in [1.165, 1.54) is 9.80 Å². The van der Waals surface area contributed by atoms with Gasteiger partial charge in [0.25, 0.3) is 0 Å². The van der Waals surface area contributed by atoms with Gasteiger partial charge in [-0.1, -0.05) is 12.1 Å². The summed E-state index contributed by atoms with van der Waals surface area (Å²) in [5.41, 5.74) is 0.557. The van der Waals surface area contributed by atoms with Crippen molar-refractivity contribution in [3.63, 3.8) is 0 Å². The van der Waals surface area contributed by atoms with Crippen molar-refractivity contribution >= 4 is 29.4 Å². The second kappa shape index (κ2) is 6.09. The standard InChI is InChI=1S/C14H16N2O3S/c1-15-7-8-16(14(19)13(15)18)9-12(17)10-3-5-11(20-2)6-4-10/h3-6H,7-9H2,1-2H3. The number of hydrogen-bond acceptors (Lipinski definition) is 4. The second-order valence-electron chi connectivity index (χ2n) is 4.61. The van der Waals surface area contributed by atoms with Gasteiger partial charge in [0.1, 0.15) is 0 Å². The molecule has 0 N–H and O–H groups in total. The average Bonchev–Trinajstić information content (AvgIpc) is 2.48. The van der Waals surface area contributed by atoms with E-state index in [1.54, 1.807) is 30.9 Å². The highest BCUT2D eigenvalue weighted by molar-refractivity contribution is 7.98. The number of piperazine rings is 1. The fourth-order valence-electron chi connectivity index (χ4n) is 1.96. The predicted octanol–water partition coefficient (Wildman–Crippen LogP) is 0.892. The highest BCUT2D eigenvalue weighted by atomic mass is 32.2. The van der Waals surface area contributed by atoms with Crippen molar-refractivity contribution in [3.05, 3.63) is 29.8 Å². The van der Waals surface area contributed by atoms with Crippen LogP contribution in [0.15, 0.2) is 29.2 Å². The molecule has 1 heterocycles. The van der Waals surface area contributed by atoms with Crippen molar-refractivity contribution in [1.82, 2.24) is 9.80 Å². The number of Topliss-reactive ketones (excluding diaryl/α,β-unsaturated/α-hetero) is 1. The molecular weight excluding hydrogens is 276 g/mol. The SMILES string of the molecule is CSc1ccc(C(=O)CN2CCN(C)C(=O)C2=O)cc1. The number of rotatable bonds is 4. The maximum atomic E-state index is 12.1. The van der Waals surface area contributed by atoms with Crippen molar-refractivity contribution in [2.45, 2.75) is 4.90 Å². The van der Waals surface area contributed by atoms with Gasteiger partial charge >= 0.3 is 11.8 Å². The minimum atomic E-state index is -0.604. The van der Waals surface area contributed by atoms with Crippen LogP contribution in [0.4, 0.5) is 0 Å². The molecule has 0 unspecified atom stereocenters. The minimum absolute atomic E-state index is 0.0446. The first-order valence-corrected chi connectivity index (χ1v) is 7.47. The Morgan fingerprint density at radius 1 is 1.15 bits per heavy atom. The van der Waals surface area contributed by atoms with Crippen LogP contribution in [0.1, 0.15) is 10.4 Å². The molecule has 1 aliphatic heterocycles. The molecule has 0 radical (unpaired) electrons. The van der Waals surface area contributed by atoms with Gasteiger partial charge in [-0.05, 0) is 18.4 Å². The van der Waals surface area contributed by atoms with Gasteiger partial charge in [-0.15, -0.1) is 11.8 Å². The number of carbonyl (C=O) groups is 3. The Bertz CT molecular complexity index is 542. The minimum Gasteiger partial charge on any atom is -0.336 e. The van der Waals surface area contributed by atoms with Crippen LogP contribution in [0.3, 0.4) is 0 Å². The number of hydrogen-bond donors (Lipinski definition) is 0. The van der Waals surface area contributed by atoms with Gasteiger partial charge in [-0.2, -0.15) is 0 Å². The molecule has 1 aromatic carbocycles. The lowest BCUT2D eigenvalue weighted by Crippen LogP contribution is -2.53. The summed E-state index contributed by atoms with van der Waals surface area (Å²) in [5, 5.41) is 0. The normalized spacial score (nSPS) is 15.7. The van der Waals surface area contributed by atoms with Crippen LogP contribution in [-0.4, -0.2) is 60.3 Å². The number of thioether (sulfide) groups is 1. The number of nitrogens with zero attached hydrogens (tertiary/aromatic N) is 2. The van der Waals surface area contributed by atoms with Gasteiger partial charge in [-0.25, -0.2) is 0 Å². The van der Waals surface area contributed by atoms with E-state index < -0.39 is 11.8 Å². The smallest absolute Gasteiger partial charge is 0.312 e. The van der Waals surface area contributed by atoms with Crippen LogP contribution < -0.4 is 0 Å². The topological polar surface area (TPSA) is 57.7 Å². The molecule has 20 heavy (non-hydrogen) atoms. The molecule has 2 amide bonds. The van der Waals surface area contributed by atoms with E-state index in [2.05, 4.69) is 0 Å². The van der Waals surface area contributed by atoms with Crippen LogP contribution >= 0.6 is 11.8 Å². The van der Waals surface area contributed by atoms with Crippen LogP contribution in [0, 0.1) is 0 Å². The highest BCUT2D eigenvalue weighted by Gasteiger charge is 2.31. The van der Waals surface area contributed by atoms with E-state index in [1.807, 2.05) is 18.4 Å². The van der Waals surface area contributed by atoms with E-state index in [-0.39, 0.29) is 12.3 Å².